The van der Waals surface area contributed by atoms with Gasteiger partial charge in [-0.05, 0) is 36.0 Å². The van der Waals surface area contributed by atoms with Crippen molar-refractivity contribution in [2.75, 3.05) is 0 Å². The number of carboxylic acids is 1. The molecule has 0 spiro atoms. The van der Waals surface area contributed by atoms with Crippen LogP contribution in [-0.4, -0.2) is 22.3 Å². The van der Waals surface area contributed by atoms with Crippen LogP contribution in [-0.2, 0) is 4.79 Å². The van der Waals surface area contributed by atoms with Crippen LogP contribution in [0.1, 0.15) is 39.5 Å². The van der Waals surface area contributed by atoms with Gasteiger partial charge in [0.2, 0.25) is 0 Å². The molecule has 0 heterocycles. The Morgan fingerprint density at radius 2 is 2.14 bits per heavy atom. The summed E-state index contributed by atoms with van der Waals surface area (Å²) >= 11 is 0. The second-order valence-electron chi connectivity index (χ2n) is 5.39. The molecule has 0 aliphatic heterocycles. The van der Waals surface area contributed by atoms with Crippen LogP contribution in [0, 0.1) is 16.7 Å². The molecule has 3 heteroatoms. The Morgan fingerprint density at radius 3 is 2.50 bits per heavy atom. The summed E-state index contributed by atoms with van der Waals surface area (Å²) in [5, 5.41) is 18.9. The highest BCUT2D eigenvalue weighted by Crippen LogP contribution is 2.67. The van der Waals surface area contributed by atoms with E-state index in [0.29, 0.717) is 5.92 Å². The number of hydrogen-bond donors (Lipinski definition) is 2. The quantitative estimate of drug-likeness (QED) is 0.709. The van der Waals surface area contributed by atoms with Crippen LogP contribution >= 0.6 is 0 Å². The maximum absolute atomic E-state index is 10.8. The zero-order chi connectivity index (χ0) is 10.6. The summed E-state index contributed by atoms with van der Waals surface area (Å²) in [4.78, 5) is 10.8. The number of hydrogen-bond acceptors (Lipinski definition) is 2. The van der Waals surface area contributed by atoms with Gasteiger partial charge in [0.25, 0.3) is 0 Å². The highest BCUT2D eigenvalue weighted by molar-refractivity contribution is 5.68. The van der Waals surface area contributed by atoms with E-state index in [2.05, 4.69) is 0 Å². The van der Waals surface area contributed by atoms with E-state index in [0.717, 1.165) is 19.3 Å². The minimum absolute atomic E-state index is 0.171. The Bertz CT molecular complexity index is 276. The molecule has 2 saturated carbocycles. The lowest BCUT2D eigenvalue weighted by atomic mass is 9.66. The van der Waals surface area contributed by atoms with Gasteiger partial charge >= 0.3 is 5.97 Å². The number of fused-ring (bicyclic) bond motifs is 2. The van der Waals surface area contributed by atoms with Crippen LogP contribution in [0.2, 0.25) is 0 Å². The number of aliphatic hydroxyl groups is 1. The average Bonchev–Trinajstić information content (AvgIpc) is 2.37. The third-order valence-corrected chi connectivity index (χ3v) is 4.98. The molecule has 2 fully saturated rings. The highest BCUT2D eigenvalue weighted by atomic mass is 16.4. The molecular formula is C11H18O3. The zero-order valence-corrected chi connectivity index (χ0v) is 8.79. The van der Waals surface area contributed by atoms with Crippen molar-refractivity contribution >= 4 is 5.97 Å². The SMILES string of the molecule is C[C@]1(CC(=O)O)[C@H]2CC[C@]1(C)[C@H](O)C2. The van der Waals surface area contributed by atoms with Crippen LogP contribution in [0.3, 0.4) is 0 Å². The first-order chi connectivity index (χ1) is 6.40. The van der Waals surface area contributed by atoms with Gasteiger partial charge in [-0.15, -0.1) is 0 Å². The summed E-state index contributed by atoms with van der Waals surface area (Å²) in [6, 6.07) is 0. The number of rotatable bonds is 2. The highest BCUT2D eigenvalue weighted by Gasteiger charge is 2.63. The normalized spacial score (nSPS) is 51.1. The fraction of sp³-hybridized carbons (Fsp3) is 0.909. The molecule has 0 amide bonds. The van der Waals surface area contributed by atoms with Gasteiger partial charge in [0, 0.05) is 0 Å². The number of aliphatic hydroxyl groups excluding tert-OH is 1. The molecule has 0 radical (unpaired) electrons. The van der Waals surface area contributed by atoms with E-state index in [4.69, 9.17) is 5.11 Å². The third-order valence-electron chi connectivity index (χ3n) is 4.98. The topological polar surface area (TPSA) is 57.5 Å². The minimum atomic E-state index is -0.736. The van der Waals surface area contributed by atoms with Gasteiger partial charge in [-0.25, -0.2) is 0 Å². The van der Waals surface area contributed by atoms with Crippen molar-refractivity contribution in [2.45, 2.75) is 45.6 Å². The fourth-order valence-corrected chi connectivity index (χ4v) is 3.66. The van der Waals surface area contributed by atoms with Crippen molar-refractivity contribution in [2.24, 2.45) is 16.7 Å². The zero-order valence-electron chi connectivity index (χ0n) is 8.79. The first kappa shape index (κ1) is 9.97. The summed E-state index contributed by atoms with van der Waals surface area (Å²) in [5.41, 5.74) is -0.367. The summed E-state index contributed by atoms with van der Waals surface area (Å²) in [7, 11) is 0. The molecular weight excluding hydrogens is 180 g/mol. The maximum Gasteiger partial charge on any atom is 0.303 e. The Morgan fingerprint density at radius 1 is 1.50 bits per heavy atom. The van der Waals surface area contributed by atoms with Crippen molar-refractivity contribution in [3.63, 3.8) is 0 Å². The molecule has 0 aromatic carbocycles. The molecule has 3 nitrogen and oxygen atoms in total. The van der Waals surface area contributed by atoms with Crippen LogP contribution in [0.5, 0.6) is 0 Å². The van der Waals surface area contributed by atoms with Gasteiger partial charge in [0.15, 0.2) is 0 Å². The Labute approximate surface area is 84.1 Å². The Balaban J connectivity index is 2.31. The van der Waals surface area contributed by atoms with Crippen molar-refractivity contribution in [3.05, 3.63) is 0 Å². The predicted molar refractivity (Wildman–Crippen MR) is 51.8 cm³/mol. The Kier molecular flexibility index (Phi) is 1.94. The summed E-state index contributed by atoms with van der Waals surface area (Å²) in [6.45, 7) is 4.09. The molecule has 2 rings (SSSR count). The largest absolute Gasteiger partial charge is 0.481 e. The van der Waals surface area contributed by atoms with Crippen molar-refractivity contribution in [3.8, 4) is 0 Å². The molecule has 2 aliphatic carbocycles. The number of carbonyl (C=O) groups is 1. The molecule has 0 aromatic rings. The van der Waals surface area contributed by atoms with Crippen LogP contribution < -0.4 is 0 Å². The van der Waals surface area contributed by atoms with Crippen LogP contribution in [0.4, 0.5) is 0 Å². The molecule has 0 saturated heterocycles. The molecule has 2 bridgehead atoms. The summed E-state index contributed by atoms with van der Waals surface area (Å²) in [6.07, 6.45) is 2.75. The van der Waals surface area contributed by atoms with E-state index in [9.17, 15) is 9.90 Å². The number of carboxylic acid groups (broad SMARTS) is 1. The molecule has 80 valence electrons. The van der Waals surface area contributed by atoms with E-state index in [1.807, 2.05) is 13.8 Å². The van der Waals surface area contributed by atoms with E-state index in [1.54, 1.807) is 0 Å². The van der Waals surface area contributed by atoms with Crippen molar-refractivity contribution < 1.29 is 15.0 Å². The summed E-state index contributed by atoms with van der Waals surface area (Å²) in [5.74, 6) is -0.335. The van der Waals surface area contributed by atoms with E-state index < -0.39 is 5.97 Å². The first-order valence-electron chi connectivity index (χ1n) is 5.30. The standard InChI is InChI=1S/C11H18O3/c1-10-4-3-7(5-8(10)12)11(10,2)6-9(13)14/h7-8,12H,3-6H2,1-2H3,(H,13,14)/t7-,8+,10+,11-/m0/s1. The van der Waals surface area contributed by atoms with Gasteiger partial charge in [-0.2, -0.15) is 0 Å². The van der Waals surface area contributed by atoms with Gasteiger partial charge in [-0.3, -0.25) is 4.79 Å². The minimum Gasteiger partial charge on any atom is -0.481 e. The van der Waals surface area contributed by atoms with E-state index in [1.165, 1.54) is 0 Å². The maximum atomic E-state index is 10.8. The summed E-state index contributed by atoms with van der Waals surface area (Å²) < 4.78 is 0. The van der Waals surface area contributed by atoms with Gasteiger partial charge < -0.3 is 10.2 Å². The molecule has 2 aliphatic rings. The molecule has 2 N–H and O–H groups in total. The Hall–Kier alpha value is -0.570. The second kappa shape index (κ2) is 2.72. The van der Waals surface area contributed by atoms with Crippen LogP contribution in [0.15, 0.2) is 0 Å². The van der Waals surface area contributed by atoms with Crippen molar-refractivity contribution in [1.29, 1.82) is 0 Å². The van der Waals surface area contributed by atoms with Crippen molar-refractivity contribution in [1.82, 2.24) is 0 Å². The van der Waals surface area contributed by atoms with E-state index in [-0.39, 0.29) is 23.4 Å². The molecule has 4 atom stereocenters. The third kappa shape index (κ3) is 0.991. The molecule has 14 heavy (non-hydrogen) atoms. The fourth-order valence-electron chi connectivity index (χ4n) is 3.66. The lowest BCUT2D eigenvalue weighted by Gasteiger charge is -2.38. The molecule has 0 aromatic heterocycles. The van der Waals surface area contributed by atoms with Gasteiger partial charge in [0.1, 0.15) is 0 Å². The van der Waals surface area contributed by atoms with Crippen LogP contribution in [0.25, 0.3) is 0 Å². The average molecular weight is 198 g/mol. The van der Waals surface area contributed by atoms with E-state index >= 15 is 0 Å². The van der Waals surface area contributed by atoms with Gasteiger partial charge in [-0.1, -0.05) is 13.8 Å². The lowest BCUT2D eigenvalue weighted by molar-refractivity contribution is -0.142. The number of aliphatic carboxylic acids is 1. The predicted octanol–water partition coefficient (Wildman–Crippen LogP) is 1.65. The monoisotopic (exact) mass is 198 g/mol. The van der Waals surface area contributed by atoms with Gasteiger partial charge in [0.05, 0.1) is 12.5 Å². The smallest absolute Gasteiger partial charge is 0.303 e. The lowest BCUT2D eigenvalue weighted by Crippen LogP contribution is -2.38. The second-order valence-corrected chi connectivity index (χ2v) is 5.39. The first-order valence-corrected chi connectivity index (χ1v) is 5.30. The molecule has 0 unspecified atom stereocenters.